The monoisotopic (exact) mass is 250 g/mol. The number of halogens is 4. The van der Waals surface area contributed by atoms with Gasteiger partial charge in [0.1, 0.15) is 5.75 Å². The van der Waals surface area contributed by atoms with E-state index in [4.69, 9.17) is 4.74 Å². The summed E-state index contributed by atoms with van der Waals surface area (Å²) >= 11 is 0. The summed E-state index contributed by atoms with van der Waals surface area (Å²) in [5.74, 6) is -6.17. The number of ketones is 1. The number of carbonyl (C=O) groups excluding carboxylic acids is 1. The fourth-order valence-electron chi connectivity index (χ4n) is 1.16. The van der Waals surface area contributed by atoms with Gasteiger partial charge in [0, 0.05) is 5.56 Å². The van der Waals surface area contributed by atoms with Gasteiger partial charge in [0.2, 0.25) is 5.78 Å². The van der Waals surface area contributed by atoms with Gasteiger partial charge in [-0.05, 0) is 31.2 Å². The molecule has 94 valence electrons. The lowest BCUT2D eigenvalue weighted by molar-refractivity contribution is -0.0958. The van der Waals surface area contributed by atoms with Crippen LogP contribution in [0.3, 0.4) is 0 Å². The first-order valence-electron chi connectivity index (χ1n) is 4.83. The molecule has 0 saturated carbocycles. The molecule has 0 spiro atoms. The molecule has 0 unspecified atom stereocenters. The molecule has 0 bridgehead atoms. The maximum atomic E-state index is 12.7. The molecule has 0 amide bonds. The van der Waals surface area contributed by atoms with Crippen LogP contribution >= 0.6 is 0 Å². The summed E-state index contributed by atoms with van der Waals surface area (Å²) < 4.78 is 54.4. The van der Waals surface area contributed by atoms with E-state index in [1.165, 1.54) is 12.1 Å². The average Bonchev–Trinajstić information content (AvgIpc) is 2.29. The summed E-state index contributed by atoms with van der Waals surface area (Å²) in [6.07, 6.45) is -4.01. The van der Waals surface area contributed by atoms with Crippen molar-refractivity contribution < 1.29 is 27.1 Å². The van der Waals surface area contributed by atoms with Crippen molar-refractivity contribution >= 4 is 5.78 Å². The predicted molar refractivity (Wildman–Crippen MR) is 52.9 cm³/mol. The van der Waals surface area contributed by atoms with E-state index in [2.05, 4.69) is 0 Å². The molecule has 1 aromatic carbocycles. The number of benzene rings is 1. The molecule has 0 saturated heterocycles. The second-order valence-corrected chi connectivity index (χ2v) is 3.21. The van der Waals surface area contributed by atoms with Crippen molar-refractivity contribution in [3.05, 3.63) is 29.8 Å². The smallest absolute Gasteiger partial charge is 0.368 e. The van der Waals surface area contributed by atoms with E-state index in [-0.39, 0.29) is 0 Å². The quantitative estimate of drug-likeness (QED) is 0.592. The maximum absolute atomic E-state index is 12.7. The lowest BCUT2D eigenvalue weighted by Crippen LogP contribution is -2.36. The Hall–Kier alpha value is -1.59. The maximum Gasteiger partial charge on any atom is 0.368 e. The number of rotatable bonds is 5. The zero-order valence-corrected chi connectivity index (χ0v) is 8.92. The molecular formula is C11H10F4O2. The van der Waals surface area contributed by atoms with Gasteiger partial charge in [0.25, 0.3) is 0 Å². The SMILES string of the molecule is CCOc1ccc(C(=O)C(F)(F)C(F)F)cc1. The van der Waals surface area contributed by atoms with Crippen LogP contribution in [-0.4, -0.2) is 24.7 Å². The second-order valence-electron chi connectivity index (χ2n) is 3.21. The highest BCUT2D eigenvalue weighted by Gasteiger charge is 2.48. The van der Waals surface area contributed by atoms with E-state index in [1.807, 2.05) is 0 Å². The molecule has 0 aliphatic heterocycles. The molecule has 0 aliphatic rings. The van der Waals surface area contributed by atoms with Gasteiger partial charge in [-0.2, -0.15) is 8.78 Å². The lowest BCUT2D eigenvalue weighted by Gasteiger charge is -2.13. The van der Waals surface area contributed by atoms with Crippen LogP contribution in [0.1, 0.15) is 17.3 Å². The van der Waals surface area contributed by atoms with Crippen molar-refractivity contribution in [1.82, 2.24) is 0 Å². The molecule has 1 rings (SSSR count). The Balaban J connectivity index is 2.90. The van der Waals surface area contributed by atoms with E-state index in [0.29, 0.717) is 12.4 Å². The second kappa shape index (κ2) is 5.16. The first-order chi connectivity index (χ1) is 7.89. The largest absolute Gasteiger partial charge is 0.494 e. The normalized spacial score (nSPS) is 11.6. The Morgan fingerprint density at radius 3 is 2.24 bits per heavy atom. The van der Waals surface area contributed by atoms with Gasteiger partial charge >= 0.3 is 12.3 Å². The Morgan fingerprint density at radius 1 is 1.29 bits per heavy atom. The van der Waals surface area contributed by atoms with Gasteiger partial charge < -0.3 is 4.74 Å². The van der Waals surface area contributed by atoms with Crippen LogP contribution in [0, 0.1) is 0 Å². The fraction of sp³-hybridized carbons (Fsp3) is 0.364. The average molecular weight is 250 g/mol. The van der Waals surface area contributed by atoms with E-state index >= 15 is 0 Å². The number of hydrogen-bond acceptors (Lipinski definition) is 2. The van der Waals surface area contributed by atoms with Crippen LogP contribution in [0.5, 0.6) is 5.75 Å². The van der Waals surface area contributed by atoms with Gasteiger partial charge in [-0.3, -0.25) is 4.79 Å². The van der Waals surface area contributed by atoms with Crippen LogP contribution in [0.25, 0.3) is 0 Å². The zero-order valence-electron chi connectivity index (χ0n) is 8.92. The molecule has 6 heteroatoms. The molecule has 0 aromatic heterocycles. The molecule has 17 heavy (non-hydrogen) atoms. The summed E-state index contributed by atoms with van der Waals surface area (Å²) in [7, 11) is 0. The van der Waals surface area contributed by atoms with E-state index in [9.17, 15) is 22.4 Å². The number of carbonyl (C=O) groups is 1. The van der Waals surface area contributed by atoms with Crippen molar-refractivity contribution in [1.29, 1.82) is 0 Å². The highest BCUT2D eigenvalue weighted by atomic mass is 19.3. The highest BCUT2D eigenvalue weighted by Crippen LogP contribution is 2.28. The summed E-state index contributed by atoms with van der Waals surface area (Å²) in [5, 5.41) is 0. The van der Waals surface area contributed by atoms with Gasteiger partial charge in [-0.1, -0.05) is 0 Å². The fourth-order valence-corrected chi connectivity index (χ4v) is 1.16. The van der Waals surface area contributed by atoms with Crippen molar-refractivity contribution in [2.24, 2.45) is 0 Å². The molecule has 2 nitrogen and oxygen atoms in total. The Bertz CT molecular complexity index is 387. The van der Waals surface area contributed by atoms with Crippen molar-refractivity contribution in [3.63, 3.8) is 0 Å². The van der Waals surface area contributed by atoms with E-state index in [1.54, 1.807) is 6.92 Å². The first-order valence-corrected chi connectivity index (χ1v) is 4.83. The molecule has 0 N–H and O–H groups in total. The predicted octanol–water partition coefficient (Wildman–Crippen LogP) is 3.17. The number of alkyl halides is 4. The van der Waals surface area contributed by atoms with Crippen molar-refractivity contribution in [3.8, 4) is 5.75 Å². The minimum absolute atomic E-state index is 0.375. The minimum Gasteiger partial charge on any atom is -0.494 e. The zero-order chi connectivity index (χ0) is 13.1. The standard InChI is InChI=1S/C11H10F4O2/c1-2-17-8-5-3-7(4-6-8)9(16)11(14,15)10(12)13/h3-6,10H,2H2,1H3. The molecular weight excluding hydrogens is 240 g/mol. The van der Waals surface area contributed by atoms with E-state index in [0.717, 1.165) is 12.1 Å². The van der Waals surface area contributed by atoms with Crippen LogP contribution in [0.15, 0.2) is 24.3 Å². The van der Waals surface area contributed by atoms with Gasteiger partial charge in [-0.25, -0.2) is 8.78 Å². The Labute approximate surface area is 95.2 Å². The Morgan fingerprint density at radius 2 is 1.82 bits per heavy atom. The number of ether oxygens (including phenoxy) is 1. The first kappa shape index (κ1) is 13.5. The Kier molecular flexibility index (Phi) is 4.09. The van der Waals surface area contributed by atoms with Gasteiger partial charge in [0.05, 0.1) is 6.61 Å². The van der Waals surface area contributed by atoms with Crippen molar-refractivity contribution in [2.75, 3.05) is 6.61 Å². The summed E-state index contributed by atoms with van der Waals surface area (Å²) in [6, 6.07) is 4.61. The molecule has 0 aliphatic carbocycles. The molecule has 0 heterocycles. The molecule has 0 fully saturated rings. The molecule has 1 aromatic rings. The van der Waals surface area contributed by atoms with Crippen LogP contribution < -0.4 is 4.74 Å². The van der Waals surface area contributed by atoms with Crippen LogP contribution in [-0.2, 0) is 0 Å². The third-order valence-corrected chi connectivity index (χ3v) is 2.00. The van der Waals surface area contributed by atoms with Gasteiger partial charge in [0.15, 0.2) is 0 Å². The number of Topliss-reactive ketones (excluding diaryl/α,β-unsaturated/α-hetero) is 1. The third-order valence-electron chi connectivity index (χ3n) is 2.00. The highest BCUT2D eigenvalue weighted by molar-refractivity contribution is 6.01. The summed E-state index contributed by atoms with van der Waals surface area (Å²) in [4.78, 5) is 11.1. The van der Waals surface area contributed by atoms with Crippen LogP contribution in [0.4, 0.5) is 17.6 Å². The summed E-state index contributed by atoms with van der Waals surface area (Å²) in [5.41, 5.74) is -0.473. The topological polar surface area (TPSA) is 26.3 Å². The van der Waals surface area contributed by atoms with Crippen molar-refractivity contribution in [2.45, 2.75) is 19.3 Å². The number of hydrogen-bond donors (Lipinski definition) is 0. The van der Waals surface area contributed by atoms with Gasteiger partial charge in [-0.15, -0.1) is 0 Å². The minimum atomic E-state index is -4.66. The summed E-state index contributed by atoms with van der Waals surface area (Å²) in [6.45, 7) is 2.10. The van der Waals surface area contributed by atoms with Crippen LogP contribution in [0.2, 0.25) is 0 Å². The lowest BCUT2D eigenvalue weighted by atomic mass is 10.1. The third kappa shape index (κ3) is 2.95. The molecule has 0 radical (unpaired) electrons. The molecule has 0 atom stereocenters. The van der Waals surface area contributed by atoms with E-state index < -0.39 is 23.7 Å².